The van der Waals surface area contributed by atoms with Gasteiger partial charge in [-0.25, -0.2) is 8.78 Å². The minimum atomic E-state index is -4.54. The molecule has 0 aromatic heterocycles. The number of benzene rings is 1. The Hall–Kier alpha value is -2.19. The zero-order valence-corrected chi connectivity index (χ0v) is 11.8. The molecule has 0 aliphatic carbocycles. The van der Waals surface area contributed by atoms with Crippen molar-refractivity contribution in [2.75, 3.05) is 13.1 Å². The van der Waals surface area contributed by atoms with Gasteiger partial charge in [-0.3, -0.25) is 9.59 Å². The van der Waals surface area contributed by atoms with Crippen molar-refractivity contribution in [2.45, 2.75) is 19.1 Å². The number of carbonyl (C=O) groups excluding carboxylic acids is 2. The van der Waals surface area contributed by atoms with Crippen molar-refractivity contribution in [3.8, 4) is 0 Å². The van der Waals surface area contributed by atoms with Crippen molar-refractivity contribution >= 4 is 11.8 Å². The molecule has 1 aliphatic heterocycles. The zero-order chi connectivity index (χ0) is 17.2. The summed E-state index contributed by atoms with van der Waals surface area (Å²) in [7, 11) is 0. The summed E-state index contributed by atoms with van der Waals surface area (Å²) in [5, 5.41) is 2.31. The van der Waals surface area contributed by atoms with Crippen LogP contribution in [0, 0.1) is 17.6 Å². The Balaban J connectivity index is 1.92. The van der Waals surface area contributed by atoms with Crippen LogP contribution in [0.4, 0.5) is 22.0 Å². The number of carbonyl (C=O) groups is 2. The lowest BCUT2D eigenvalue weighted by atomic mass is 10.1. The molecule has 0 unspecified atom stereocenters. The summed E-state index contributed by atoms with van der Waals surface area (Å²) in [5.74, 6) is -3.77. The first kappa shape index (κ1) is 17.2. The van der Waals surface area contributed by atoms with Crippen molar-refractivity contribution in [3.05, 3.63) is 35.4 Å². The molecule has 126 valence electrons. The minimum Gasteiger partial charge on any atom is -0.352 e. The summed E-state index contributed by atoms with van der Waals surface area (Å²) in [6.07, 6.45) is -4.88. The number of halogens is 5. The van der Waals surface area contributed by atoms with Gasteiger partial charge in [-0.1, -0.05) is 0 Å². The maximum atomic E-state index is 13.4. The molecule has 0 bridgehead atoms. The first-order valence-electron chi connectivity index (χ1n) is 6.72. The lowest BCUT2D eigenvalue weighted by molar-refractivity contribution is -0.157. The number of likely N-dealkylation sites (tertiary alicyclic amines) is 1. The monoisotopic (exact) mass is 336 g/mol. The van der Waals surface area contributed by atoms with E-state index in [4.69, 9.17) is 0 Å². The largest absolute Gasteiger partial charge is 0.406 e. The Morgan fingerprint density at radius 1 is 1.30 bits per heavy atom. The van der Waals surface area contributed by atoms with Gasteiger partial charge < -0.3 is 10.2 Å². The highest BCUT2D eigenvalue weighted by atomic mass is 19.4. The van der Waals surface area contributed by atoms with E-state index in [-0.39, 0.29) is 25.1 Å². The molecule has 0 radical (unpaired) electrons. The van der Waals surface area contributed by atoms with Crippen LogP contribution in [0.2, 0.25) is 0 Å². The van der Waals surface area contributed by atoms with E-state index >= 15 is 0 Å². The Bertz CT molecular complexity index is 618. The summed E-state index contributed by atoms with van der Waals surface area (Å²) in [4.78, 5) is 23.9. The highest BCUT2D eigenvalue weighted by Crippen LogP contribution is 2.24. The van der Waals surface area contributed by atoms with Gasteiger partial charge in [-0.15, -0.1) is 0 Å². The molecule has 1 heterocycles. The van der Waals surface area contributed by atoms with Gasteiger partial charge in [-0.2, -0.15) is 13.2 Å². The van der Waals surface area contributed by atoms with Gasteiger partial charge in [0.1, 0.15) is 18.2 Å². The van der Waals surface area contributed by atoms with Gasteiger partial charge in [-0.05, 0) is 18.2 Å². The standard InChI is InChI=1S/C14H13F5N2O2/c15-10-1-2-11(16)8(3-10)5-20-13(23)9-4-12(22)21(6-9)7-14(17,18)19/h1-3,9H,4-7H2,(H,20,23)/t9-/m1/s1. The Kier molecular flexibility index (Phi) is 4.86. The van der Waals surface area contributed by atoms with E-state index in [1.165, 1.54) is 0 Å². The Labute approximate surface area is 128 Å². The second-order valence-corrected chi connectivity index (χ2v) is 5.24. The minimum absolute atomic E-state index is 0.0881. The van der Waals surface area contributed by atoms with Crippen LogP contribution in [0.3, 0.4) is 0 Å². The summed E-state index contributed by atoms with van der Waals surface area (Å²) in [5.41, 5.74) is -0.0881. The van der Waals surface area contributed by atoms with E-state index in [1.54, 1.807) is 0 Å². The van der Waals surface area contributed by atoms with E-state index < -0.39 is 42.1 Å². The maximum Gasteiger partial charge on any atom is 0.406 e. The summed E-state index contributed by atoms with van der Waals surface area (Å²) >= 11 is 0. The second kappa shape index (κ2) is 6.51. The van der Waals surface area contributed by atoms with Gasteiger partial charge in [0.15, 0.2) is 0 Å². The SMILES string of the molecule is O=C(NCc1cc(F)ccc1F)[C@@H]1CC(=O)N(CC(F)(F)F)C1. The van der Waals surface area contributed by atoms with E-state index in [2.05, 4.69) is 5.32 Å². The molecule has 23 heavy (non-hydrogen) atoms. The number of alkyl halides is 3. The average Bonchev–Trinajstić information content (AvgIpc) is 2.79. The van der Waals surface area contributed by atoms with Gasteiger partial charge in [0.2, 0.25) is 11.8 Å². The van der Waals surface area contributed by atoms with Crippen molar-refractivity contribution in [1.82, 2.24) is 10.2 Å². The first-order valence-corrected chi connectivity index (χ1v) is 6.72. The number of amides is 2. The summed E-state index contributed by atoms with van der Waals surface area (Å²) in [6.45, 7) is -2.07. The number of nitrogens with one attached hydrogen (secondary N) is 1. The van der Waals surface area contributed by atoms with Crippen LogP contribution in [-0.4, -0.2) is 36.0 Å². The fourth-order valence-corrected chi connectivity index (χ4v) is 2.32. The molecule has 4 nitrogen and oxygen atoms in total. The van der Waals surface area contributed by atoms with Gasteiger partial charge in [0.25, 0.3) is 0 Å². The van der Waals surface area contributed by atoms with Crippen LogP contribution in [0.15, 0.2) is 18.2 Å². The van der Waals surface area contributed by atoms with E-state index in [1.807, 2.05) is 0 Å². The molecule has 0 spiro atoms. The van der Waals surface area contributed by atoms with Gasteiger partial charge >= 0.3 is 6.18 Å². The van der Waals surface area contributed by atoms with Crippen LogP contribution < -0.4 is 5.32 Å². The number of nitrogens with zero attached hydrogens (tertiary/aromatic N) is 1. The van der Waals surface area contributed by atoms with Crippen LogP contribution in [0.1, 0.15) is 12.0 Å². The average molecular weight is 336 g/mol. The quantitative estimate of drug-likeness (QED) is 0.855. The van der Waals surface area contributed by atoms with Gasteiger partial charge in [0, 0.05) is 25.1 Å². The van der Waals surface area contributed by atoms with Crippen molar-refractivity contribution in [3.63, 3.8) is 0 Å². The van der Waals surface area contributed by atoms with Gasteiger partial charge in [0.05, 0.1) is 5.92 Å². The molecular weight excluding hydrogens is 323 g/mol. The second-order valence-electron chi connectivity index (χ2n) is 5.24. The fraction of sp³-hybridized carbons (Fsp3) is 0.429. The molecule has 1 saturated heterocycles. The highest BCUT2D eigenvalue weighted by molar-refractivity contribution is 5.89. The zero-order valence-electron chi connectivity index (χ0n) is 11.8. The predicted octanol–water partition coefficient (Wildman–Crippen LogP) is 1.99. The number of hydrogen-bond donors (Lipinski definition) is 1. The molecule has 1 aromatic rings. The number of hydrogen-bond acceptors (Lipinski definition) is 2. The van der Waals surface area contributed by atoms with Crippen LogP contribution in [0.5, 0.6) is 0 Å². The van der Waals surface area contributed by atoms with E-state index in [0.29, 0.717) is 4.90 Å². The third-order valence-corrected chi connectivity index (χ3v) is 3.42. The molecule has 1 N–H and O–H groups in total. The number of rotatable bonds is 4. The third-order valence-electron chi connectivity index (χ3n) is 3.42. The molecular formula is C14H13F5N2O2. The fourth-order valence-electron chi connectivity index (χ4n) is 2.32. The maximum absolute atomic E-state index is 13.4. The van der Waals surface area contributed by atoms with E-state index in [9.17, 15) is 31.5 Å². The van der Waals surface area contributed by atoms with Crippen molar-refractivity contribution < 1.29 is 31.5 Å². The van der Waals surface area contributed by atoms with Crippen molar-refractivity contribution in [2.24, 2.45) is 5.92 Å². The highest BCUT2D eigenvalue weighted by Gasteiger charge is 2.40. The van der Waals surface area contributed by atoms with Crippen molar-refractivity contribution in [1.29, 1.82) is 0 Å². The first-order chi connectivity index (χ1) is 10.7. The molecule has 2 amide bonds. The topological polar surface area (TPSA) is 49.4 Å². The normalized spacial score (nSPS) is 18.4. The summed E-state index contributed by atoms with van der Waals surface area (Å²) in [6, 6.07) is 2.73. The van der Waals surface area contributed by atoms with Crippen LogP contribution in [-0.2, 0) is 16.1 Å². The molecule has 1 aromatic carbocycles. The predicted molar refractivity (Wildman–Crippen MR) is 68.9 cm³/mol. The summed E-state index contributed by atoms with van der Waals surface area (Å²) < 4.78 is 63.3. The molecule has 1 atom stereocenters. The molecule has 0 saturated carbocycles. The Morgan fingerprint density at radius 3 is 2.65 bits per heavy atom. The third kappa shape index (κ3) is 4.64. The lowest BCUT2D eigenvalue weighted by Gasteiger charge is -2.18. The smallest absolute Gasteiger partial charge is 0.352 e. The van der Waals surface area contributed by atoms with Crippen LogP contribution in [0.25, 0.3) is 0 Å². The van der Waals surface area contributed by atoms with Crippen LogP contribution >= 0.6 is 0 Å². The molecule has 9 heteroatoms. The lowest BCUT2D eigenvalue weighted by Crippen LogP contribution is -2.37. The molecule has 1 aliphatic rings. The molecule has 2 rings (SSSR count). The Morgan fingerprint density at radius 2 is 2.00 bits per heavy atom. The van der Waals surface area contributed by atoms with E-state index in [0.717, 1.165) is 18.2 Å². The molecule has 1 fully saturated rings.